The molecule has 19 heteroatoms. The zero-order valence-electron chi connectivity index (χ0n) is 30.9. The molecule has 0 bridgehead atoms. The summed E-state index contributed by atoms with van der Waals surface area (Å²) in [5, 5.41) is 7.97. The number of rotatable bonds is 20. The van der Waals surface area contributed by atoms with Crippen molar-refractivity contribution in [2.45, 2.75) is 11.4 Å². The van der Waals surface area contributed by atoms with E-state index in [9.17, 15) is 8.42 Å². The molecule has 0 aliphatic carbocycles. The maximum atomic E-state index is 12.3. The van der Waals surface area contributed by atoms with Crippen molar-refractivity contribution in [1.29, 1.82) is 0 Å². The summed E-state index contributed by atoms with van der Waals surface area (Å²) in [5.41, 5.74) is 1.86. The molecule has 0 spiro atoms. The third kappa shape index (κ3) is 9.91. The number of methoxy groups -OCH3 is 4. The van der Waals surface area contributed by atoms with Gasteiger partial charge in [0.2, 0.25) is 17.8 Å². The predicted octanol–water partition coefficient (Wildman–Crippen LogP) is 1.09. The van der Waals surface area contributed by atoms with Gasteiger partial charge in [0.15, 0.2) is 21.5 Å². The van der Waals surface area contributed by atoms with Gasteiger partial charge in [0, 0.05) is 101 Å². The molecule has 18 nitrogen and oxygen atoms in total. The van der Waals surface area contributed by atoms with Gasteiger partial charge in [-0.05, 0) is 17.7 Å². The number of piperazine rings is 1. The Morgan fingerprint density at radius 3 is 1.87 bits per heavy atom. The fraction of sp³-hybridized carbons (Fsp3) is 0.576. The number of hydrogen-bond donors (Lipinski definition) is 1. The van der Waals surface area contributed by atoms with Crippen molar-refractivity contribution in [2.24, 2.45) is 7.05 Å². The van der Waals surface area contributed by atoms with Crippen molar-refractivity contribution < 1.29 is 27.4 Å². The predicted molar refractivity (Wildman–Crippen MR) is 199 cm³/mol. The molecule has 4 aromatic rings. The lowest BCUT2D eigenvalue weighted by Gasteiger charge is -2.35. The van der Waals surface area contributed by atoms with E-state index < -0.39 is 9.84 Å². The van der Waals surface area contributed by atoms with E-state index in [2.05, 4.69) is 25.2 Å². The first-order chi connectivity index (χ1) is 25.1. The zero-order valence-corrected chi connectivity index (χ0v) is 31.7. The third-order valence-electron chi connectivity index (χ3n) is 8.56. The quantitative estimate of drug-likeness (QED) is 0.136. The van der Waals surface area contributed by atoms with Crippen LogP contribution in [0.3, 0.4) is 0 Å². The number of benzene rings is 1. The number of fused-ring (bicyclic) bond motifs is 1. The number of anilines is 5. The van der Waals surface area contributed by atoms with Crippen molar-refractivity contribution in [3.05, 3.63) is 36.2 Å². The van der Waals surface area contributed by atoms with Gasteiger partial charge < -0.3 is 43.9 Å². The summed E-state index contributed by atoms with van der Waals surface area (Å²) in [5.74, 6) is 2.77. The lowest BCUT2D eigenvalue weighted by atomic mass is 10.2. The Balaban J connectivity index is 1.64. The lowest BCUT2D eigenvalue weighted by molar-refractivity contribution is 0.189. The highest BCUT2D eigenvalue weighted by Gasteiger charge is 2.27. The van der Waals surface area contributed by atoms with Gasteiger partial charge >= 0.3 is 0 Å². The van der Waals surface area contributed by atoms with Crippen LogP contribution < -0.4 is 24.9 Å². The van der Waals surface area contributed by atoms with Gasteiger partial charge in [-0.25, -0.2) is 23.4 Å². The minimum Gasteiger partial charge on any atom is -0.383 e. The molecule has 4 heterocycles. The molecule has 0 saturated carbocycles. The average Bonchev–Trinajstić information content (AvgIpc) is 3.59. The number of aromatic nitrogens is 7. The van der Waals surface area contributed by atoms with E-state index in [4.69, 9.17) is 38.9 Å². The number of sulfone groups is 1. The van der Waals surface area contributed by atoms with Gasteiger partial charge in [-0.2, -0.15) is 9.97 Å². The highest BCUT2D eigenvalue weighted by Crippen LogP contribution is 2.32. The van der Waals surface area contributed by atoms with Gasteiger partial charge in [-0.1, -0.05) is 12.1 Å². The van der Waals surface area contributed by atoms with E-state index in [0.29, 0.717) is 119 Å². The van der Waals surface area contributed by atoms with Crippen LogP contribution in [0.2, 0.25) is 0 Å². The molecule has 3 aromatic heterocycles. The monoisotopic (exact) mass is 742 g/mol. The van der Waals surface area contributed by atoms with Crippen LogP contribution in [0.15, 0.2) is 35.5 Å². The summed E-state index contributed by atoms with van der Waals surface area (Å²) in [4.78, 5) is 33.5. The Bertz CT molecular complexity index is 1840. The van der Waals surface area contributed by atoms with E-state index in [0.717, 1.165) is 5.56 Å². The molecule has 52 heavy (non-hydrogen) atoms. The Kier molecular flexibility index (Phi) is 13.7. The number of aryl methyl sites for hydroxylation is 1. The molecular formula is C33H50N12O6S. The van der Waals surface area contributed by atoms with Crippen LogP contribution in [-0.4, -0.2) is 157 Å². The number of ether oxygens (including phenoxy) is 4. The van der Waals surface area contributed by atoms with E-state index >= 15 is 0 Å². The molecule has 0 radical (unpaired) electrons. The first-order valence-corrected chi connectivity index (χ1v) is 19.0. The van der Waals surface area contributed by atoms with Gasteiger partial charge in [0.1, 0.15) is 17.4 Å². The standard InChI is InChI=1S/C33H50N12O6S/c1-41-24-35-31(40-41)43-12-10-42(11-13-43)30-28-27(36-33(39-30)45(16-20-50-4)17-21-51-5)29(34-23-25-8-7-9-26(22-25)52(6,46)47)38-32(37-28)44(14-18-48-2)15-19-49-3/h7-9,22,24H,10-21,23H2,1-6H3,(H,34,37,38). The summed E-state index contributed by atoms with van der Waals surface area (Å²) >= 11 is 0. The van der Waals surface area contributed by atoms with Crippen LogP contribution in [0, 0.1) is 0 Å². The van der Waals surface area contributed by atoms with Crippen LogP contribution in [0.5, 0.6) is 0 Å². The molecule has 1 aliphatic rings. The Labute approximate surface area is 305 Å². The summed E-state index contributed by atoms with van der Waals surface area (Å²) < 4.78 is 48.1. The van der Waals surface area contributed by atoms with E-state index in [1.165, 1.54) is 6.26 Å². The molecule has 1 aromatic carbocycles. The highest BCUT2D eigenvalue weighted by atomic mass is 32.2. The molecule has 1 fully saturated rings. The second kappa shape index (κ2) is 18.4. The first kappa shape index (κ1) is 38.8. The van der Waals surface area contributed by atoms with E-state index in [-0.39, 0.29) is 11.4 Å². The van der Waals surface area contributed by atoms with Gasteiger partial charge in [0.25, 0.3) is 0 Å². The van der Waals surface area contributed by atoms with E-state index in [1.807, 2.05) is 22.9 Å². The van der Waals surface area contributed by atoms with E-state index in [1.54, 1.807) is 57.6 Å². The van der Waals surface area contributed by atoms with Gasteiger partial charge in [0.05, 0.1) is 31.3 Å². The van der Waals surface area contributed by atoms with Crippen LogP contribution in [0.1, 0.15) is 5.56 Å². The summed E-state index contributed by atoms with van der Waals surface area (Å²) in [6.45, 7) is 6.84. The topological polar surface area (TPSA) is 178 Å². The summed E-state index contributed by atoms with van der Waals surface area (Å²) in [6, 6.07) is 6.85. The molecule has 1 N–H and O–H groups in total. The molecular weight excluding hydrogens is 693 g/mol. The maximum absolute atomic E-state index is 12.3. The van der Waals surface area contributed by atoms with Crippen LogP contribution in [0.25, 0.3) is 11.0 Å². The van der Waals surface area contributed by atoms with Crippen molar-refractivity contribution in [2.75, 3.05) is 138 Å². The largest absolute Gasteiger partial charge is 0.383 e. The molecule has 1 saturated heterocycles. The summed E-state index contributed by atoms with van der Waals surface area (Å²) in [6.07, 6.45) is 2.90. The smallest absolute Gasteiger partial charge is 0.244 e. The summed E-state index contributed by atoms with van der Waals surface area (Å²) in [7, 11) is 5.08. The fourth-order valence-corrected chi connectivity index (χ4v) is 6.39. The molecule has 0 atom stereocenters. The number of nitrogens with zero attached hydrogens (tertiary/aromatic N) is 11. The minimum absolute atomic E-state index is 0.240. The minimum atomic E-state index is -3.40. The number of nitrogens with one attached hydrogen (secondary N) is 1. The van der Waals surface area contributed by atoms with Crippen LogP contribution >= 0.6 is 0 Å². The average molecular weight is 743 g/mol. The maximum Gasteiger partial charge on any atom is 0.244 e. The molecule has 0 unspecified atom stereocenters. The zero-order chi connectivity index (χ0) is 37.1. The highest BCUT2D eigenvalue weighted by molar-refractivity contribution is 7.90. The normalized spacial score (nSPS) is 13.6. The van der Waals surface area contributed by atoms with Crippen molar-refractivity contribution in [3.8, 4) is 0 Å². The van der Waals surface area contributed by atoms with Gasteiger partial charge in [-0.15, -0.1) is 5.10 Å². The van der Waals surface area contributed by atoms with Crippen molar-refractivity contribution >= 4 is 50.4 Å². The van der Waals surface area contributed by atoms with Crippen LogP contribution in [-0.2, 0) is 42.4 Å². The van der Waals surface area contributed by atoms with Crippen molar-refractivity contribution in [1.82, 2.24) is 34.7 Å². The molecule has 284 valence electrons. The van der Waals surface area contributed by atoms with Crippen LogP contribution in [0.4, 0.5) is 29.5 Å². The first-order valence-electron chi connectivity index (χ1n) is 17.1. The second-order valence-electron chi connectivity index (χ2n) is 12.3. The second-order valence-corrected chi connectivity index (χ2v) is 14.3. The Morgan fingerprint density at radius 2 is 1.33 bits per heavy atom. The molecule has 0 amide bonds. The number of hydrogen-bond acceptors (Lipinski definition) is 17. The lowest BCUT2D eigenvalue weighted by Crippen LogP contribution is -2.47. The van der Waals surface area contributed by atoms with Crippen molar-refractivity contribution in [3.63, 3.8) is 0 Å². The molecule has 1 aliphatic heterocycles. The Morgan fingerprint density at radius 1 is 0.769 bits per heavy atom. The SMILES string of the molecule is COCCN(CCOC)c1nc(N2CCN(c3ncn(C)n3)CC2)c2nc(N(CCOC)CCOC)nc(NCc3cccc(S(C)(=O)=O)c3)c2n1. The third-order valence-corrected chi connectivity index (χ3v) is 9.68. The van der Waals surface area contributed by atoms with Gasteiger partial charge in [-0.3, -0.25) is 4.68 Å². The Hall–Kier alpha value is -4.43. The molecule has 5 rings (SSSR count). The fourth-order valence-electron chi connectivity index (χ4n) is 5.70.